The van der Waals surface area contributed by atoms with Crippen molar-refractivity contribution in [3.8, 4) is 0 Å². The molecule has 0 atom stereocenters. The topological polar surface area (TPSA) is 49.3 Å². The first kappa shape index (κ1) is 14.9. The minimum Gasteiger partial charge on any atom is -0.478 e. The number of halogens is 2. The Labute approximate surface area is 130 Å². The maximum absolute atomic E-state index is 10.9. The summed E-state index contributed by atoms with van der Waals surface area (Å²) in [6.07, 6.45) is 0. The van der Waals surface area contributed by atoms with Gasteiger partial charge < -0.3 is 10.4 Å². The number of anilines is 1. The summed E-state index contributed by atoms with van der Waals surface area (Å²) in [6.45, 7) is 2.46. The lowest BCUT2D eigenvalue weighted by atomic mass is 10.1. The lowest BCUT2D eigenvalue weighted by molar-refractivity contribution is 0.0697. The molecule has 5 heteroatoms. The van der Waals surface area contributed by atoms with E-state index < -0.39 is 5.97 Å². The van der Waals surface area contributed by atoms with Crippen molar-refractivity contribution >= 4 is 39.2 Å². The highest BCUT2D eigenvalue weighted by molar-refractivity contribution is 9.10. The van der Waals surface area contributed by atoms with Gasteiger partial charge >= 0.3 is 5.97 Å². The minimum absolute atomic E-state index is 0.287. The molecule has 2 rings (SSSR count). The second-order valence-electron chi connectivity index (χ2n) is 4.42. The number of aryl methyl sites for hydroxylation is 1. The zero-order chi connectivity index (χ0) is 14.7. The molecule has 0 radical (unpaired) electrons. The second-order valence-corrected chi connectivity index (χ2v) is 5.75. The van der Waals surface area contributed by atoms with E-state index in [0.29, 0.717) is 11.6 Å². The zero-order valence-electron chi connectivity index (χ0n) is 10.8. The molecule has 0 saturated heterocycles. The normalized spacial score (nSPS) is 10.3. The summed E-state index contributed by atoms with van der Waals surface area (Å²) < 4.78 is 0.938. The van der Waals surface area contributed by atoms with Gasteiger partial charge in [0, 0.05) is 21.7 Å². The molecule has 0 aliphatic rings. The standard InChI is InChI=1S/C15H13BrClNO2/c1-9-6-10(15(19)20)3-5-14(9)18-8-11-2-4-12(16)7-13(11)17/h2-7,18H,8H2,1H3,(H,19,20). The van der Waals surface area contributed by atoms with E-state index in [1.54, 1.807) is 18.2 Å². The molecule has 0 unspecified atom stereocenters. The van der Waals surface area contributed by atoms with Gasteiger partial charge in [-0.15, -0.1) is 0 Å². The third kappa shape index (κ3) is 3.52. The first-order valence-corrected chi connectivity index (χ1v) is 7.16. The largest absolute Gasteiger partial charge is 0.478 e. The van der Waals surface area contributed by atoms with Crippen LogP contribution < -0.4 is 5.32 Å². The highest BCUT2D eigenvalue weighted by Gasteiger charge is 2.06. The van der Waals surface area contributed by atoms with Crippen molar-refractivity contribution in [2.45, 2.75) is 13.5 Å². The van der Waals surface area contributed by atoms with Gasteiger partial charge in [-0.2, -0.15) is 0 Å². The van der Waals surface area contributed by atoms with Crippen LogP contribution in [0.5, 0.6) is 0 Å². The Hall–Kier alpha value is -1.52. The molecular formula is C15H13BrClNO2. The molecule has 0 aliphatic carbocycles. The SMILES string of the molecule is Cc1cc(C(=O)O)ccc1NCc1ccc(Br)cc1Cl. The number of aromatic carboxylic acids is 1. The number of carbonyl (C=O) groups is 1. The molecule has 2 N–H and O–H groups in total. The summed E-state index contributed by atoms with van der Waals surface area (Å²) in [6, 6.07) is 10.7. The number of benzene rings is 2. The molecular weight excluding hydrogens is 342 g/mol. The highest BCUT2D eigenvalue weighted by Crippen LogP contribution is 2.23. The molecule has 0 heterocycles. The fourth-order valence-corrected chi connectivity index (χ4v) is 2.59. The monoisotopic (exact) mass is 353 g/mol. The highest BCUT2D eigenvalue weighted by atomic mass is 79.9. The summed E-state index contributed by atoms with van der Waals surface area (Å²) in [7, 11) is 0. The van der Waals surface area contributed by atoms with E-state index >= 15 is 0 Å². The van der Waals surface area contributed by atoms with E-state index in [4.69, 9.17) is 16.7 Å². The Morgan fingerprint density at radius 3 is 2.65 bits per heavy atom. The Bertz CT molecular complexity index is 658. The molecule has 0 amide bonds. The van der Waals surface area contributed by atoms with Crippen molar-refractivity contribution in [3.05, 3.63) is 62.6 Å². The van der Waals surface area contributed by atoms with Gasteiger partial charge in [0.1, 0.15) is 0 Å². The number of hydrogen-bond acceptors (Lipinski definition) is 2. The van der Waals surface area contributed by atoms with Gasteiger partial charge in [-0.25, -0.2) is 4.79 Å². The molecule has 2 aromatic rings. The Balaban J connectivity index is 2.13. The van der Waals surface area contributed by atoms with Gasteiger partial charge in [0.05, 0.1) is 5.56 Å². The predicted octanol–water partition coefficient (Wildman–Crippen LogP) is 4.72. The Morgan fingerprint density at radius 2 is 2.05 bits per heavy atom. The van der Waals surface area contributed by atoms with E-state index in [2.05, 4.69) is 21.2 Å². The van der Waals surface area contributed by atoms with Gasteiger partial charge in [0.15, 0.2) is 0 Å². The maximum atomic E-state index is 10.9. The van der Waals surface area contributed by atoms with Gasteiger partial charge in [0.2, 0.25) is 0 Å². The minimum atomic E-state index is -0.921. The number of hydrogen-bond donors (Lipinski definition) is 2. The number of rotatable bonds is 4. The van der Waals surface area contributed by atoms with Crippen molar-refractivity contribution in [1.82, 2.24) is 0 Å². The van der Waals surface area contributed by atoms with Crippen LogP contribution in [0.2, 0.25) is 5.02 Å². The molecule has 3 nitrogen and oxygen atoms in total. The Kier molecular flexibility index (Phi) is 4.68. The second kappa shape index (κ2) is 6.29. The third-order valence-electron chi connectivity index (χ3n) is 2.96. The van der Waals surface area contributed by atoms with E-state index in [1.165, 1.54) is 0 Å². The van der Waals surface area contributed by atoms with Crippen LogP contribution in [0, 0.1) is 6.92 Å². The molecule has 0 spiro atoms. The smallest absolute Gasteiger partial charge is 0.335 e. The molecule has 2 aromatic carbocycles. The fourth-order valence-electron chi connectivity index (χ4n) is 1.85. The van der Waals surface area contributed by atoms with Crippen LogP contribution in [-0.4, -0.2) is 11.1 Å². The average Bonchev–Trinajstić information content (AvgIpc) is 2.38. The van der Waals surface area contributed by atoms with Crippen molar-refractivity contribution in [2.24, 2.45) is 0 Å². The van der Waals surface area contributed by atoms with Crippen LogP contribution in [0.4, 0.5) is 5.69 Å². The van der Waals surface area contributed by atoms with Crippen LogP contribution in [0.3, 0.4) is 0 Å². The third-order valence-corrected chi connectivity index (χ3v) is 3.80. The molecule has 0 aliphatic heterocycles. The fraction of sp³-hybridized carbons (Fsp3) is 0.133. The lowest BCUT2D eigenvalue weighted by Crippen LogP contribution is -2.03. The maximum Gasteiger partial charge on any atom is 0.335 e. The summed E-state index contributed by atoms with van der Waals surface area (Å²) in [5.74, 6) is -0.921. The number of nitrogens with one attached hydrogen (secondary N) is 1. The van der Waals surface area contributed by atoms with Gasteiger partial charge in [-0.1, -0.05) is 33.6 Å². The molecule has 0 bridgehead atoms. The molecule has 0 saturated carbocycles. The van der Waals surface area contributed by atoms with Crippen LogP contribution in [0.15, 0.2) is 40.9 Å². The van der Waals surface area contributed by atoms with E-state index in [-0.39, 0.29) is 5.56 Å². The van der Waals surface area contributed by atoms with Gasteiger partial charge in [-0.3, -0.25) is 0 Å². The van der Waals surface area contributed by atoms with E-state index in [9.17, 15) is 4.79 Å². The van der Waals surface area contributed by atoms with E-state index in [0.717, 1.165) is 21.3 Å². The predicted molar refractivity (Wildman–Crippen MR) is 84.6 cm³/mol. The summed E-state index contributed by atoms with van der Waals surface area (Å²) >= 11 is 9.52. The molecule has 0 fully saturated rings. The van der Waals surface area contributed by atoms with Gasteiger partial charge in [-0.05, 0) is 48.4 Å². The van der Waals surface area contributed by atoms with Gasteiger partial charge in [0.25, 0.3) is 0 Å². The van der Waals surface area contributed by atoms with Crippen molar-refractivity contribution in [1.29, 1.82) is 0 Å². The van der Waals surface area contributed by atoms with E-state index in [1.807, 2.05) is 25.1 Å². The zero-order valence-corrected chi connectivity index (χ0v) is 13.1. The Morgan fingerprint density at radius 1 is 1.30 bits per heavy atom. The number of carboxylic acids is 1. The average molecular weight is 355 g/mol. The molecule has 104 valence electrons. The lowest BCUT2D eigenvalue weighted by Gasteiger charge is -2.11. The van der Waals surface area contributed by atoms with Crippen LogP contribution in [-0.2, 0) is 6.54 Å². The summed E-state index contributed by atoms with van der Waals surface area (Å²) in [4.78, 5) is 10.9. The van der Waals surface area contributed by atoms with Crippen molar-refractivity contribution in [3.63, 3.8) is 0 Å². The molecule has 20 heavy (non-hydrogen) atoms. The molecule has 0 aromatic heterocycles. The van der Waals surface area contributed by atoms with Crippen LogP contribution >= 0.6 is 27.5 Å². The van der Waals surface area contributed by atoms with Crippen molar-refractivity contribution in [2.75, 3.05) is 5.32 Å². The first-order chi connectivity index (χ1) is 9.47. The van der Waals surface area contributed by atoms with Crippen LogP contribution in [0.1, 0.15) is 21.5 Å². The quantitative estimate of drug-likeness (QED) is 0.835. The summed E-state index contributed by atoms with van der Waals surface area (Å²) in [5, 5.41) is 12.9. The first-order valence-electron chi connectivity index (χ1n) is 5.99. The number of carboxylic acid groups (broad SMARTS) is 1. The van der Waals surface area contributed by atoms with Crippen molar-refractivity contribution < 1.29 is 9.90 Å². The summed E-state index contributed by atoms with van der Waals surface area (Å²) in [5.41, 5.74) is 3.05. The van der Waals surface area contributed by atoms with Crippen LogP contribution in [0.25, 0.3) is 0 Å².